The maximum absolute atomic E-state index is 2.39. The van der Waals surface area contributed by atoms with Gasteiger partial charge in [-0.15, -0.1) is 0 Å². The van der Waals surface area contributed by atoms with Crippen LogP contribution in [0.15, 0.2) is 36.0 Å². The van der Waals surface area contributed by atoms with Crippen LogP contribution in [0.2, 0.25) is 0 Å². The summed E-state index contributed by atoms with van der Waals surface area (Å²) in [5.41, 5.74) is 4.08. The first kappa shape index (κ1) is 11.8. The summed E-state index contributed by atoms with van der Waals surface area (Å²) in [6.45, 7) is 11.0. The van der Waals surface area contributed by atoms with Gasteiger partial charge in [-0.3, -0.25) is 0 Å². The minimum atomic E-state index is 1.08. The van der Waals surface area contributed by atoms with E-state index in [0.29, 0.717) is 0 Å². The van der Waals surface area contributed by atoms with Crippen molar-refractivity contribution in [1.82, 2.24) is 4.90 Å². The molecular formula is C14H21N. The second kappa shape index (κ2) is 5.59. The van der Waals surface area contributed by atoms with E-state index in [-0.39, 0.29) is 0 Å². The molecule has 0 radical (unpaired) electrons. The Balaban J connectivity index is 2.99. The highest BCUT2D eigenvalue weighted by molar-refractivity contribution is 5.65. The highest BCUT2D eigenvalue weighted by atomic mass is 15.1. The molecule has 0 N–H and O–H groups in total. The van der Waals surface area contributed by atoms with Crippen molar-refractivity contribution in [1.29, 1.82) is 0 Å². The smallest absolute Gasteiger partial charge is 0.0146 e. The Morgan fingerprint density at radius 1 is 1.00 bits per heavy atom. The lowest BCUT2D eigenvalue weighted by molar-refractivity contribution is 0.385. The zero-order valence-corrected chi connectivity index (χ0v) is 10.2. The fourth-order valence-electron chi connectivity index (χ4n) is 1.83. The average Bonchev–Trinajstić information content (AvgIpc) is 2.30. The first-order valence-corrected chi connectivity index (χ1v) is 5.68. The summed E-state index contributed by atoms with van der Waals surface area (Å²) in [5.74, 6) is 0. The van der Waals surface area contributed by atoms with Gasteiger partial charge < -0.3 is 4.90 Å². The number of allylic oxidation sites excluding steroid dienone is 2. The Morgan fingerprint density at radius 3 is 2.00 bits per heavy atom. The fourth-order valence-corrected chi connectivity index (χ4v) is 1.83. The van der Waals surface area contributed by atoms with Gasteiger partial charge >= 0.3 is 0 Å². The number of nitrogens with zero attached hydrogens (tertiary/aromatic N) is 1. The van der Waals surface area contributed by atoms with E-state index in [1.807, 2.05) is 0 Å². The second-order valence-corrected chi connectivity index (χ2v) is 3.75. The lowest BCUT2D eigenvalue weighted by atomic mass is 10.1. The summed E-state index contributed by atoms with van der Waals surface area (Å²) in [6.07, 6.45) is 0. The minimum Gasteiger partial charge on any atom is -0.375 e. The van der Waals surface area contributed by atoms with E-state index in [0.717, 1.165) is 13.1 Å². The summed E-state index contributed by atoms with van der Waals surface area (Å²) in [7, 11) is 0. The molecule has 82 valence electrons. The molecule has 1 aromatic carbocycles. The molecule has 1 rings (SSSR count). The van der Waals surface area contributed by atoms with E-state index in [1.54, 1.807) is 0 Å². The van der Waals surface area contributed by atoms with Gasteiger partial charge in [0.1, 0.15) is 0 Å². The van der Waals surface area contributed by atoms with Crippen molar-refractivity contribution < 1.29 is 0 Å². The SMILES string of the molecule is CCN(CC)C(C)=C(C)c1ccccc1. The molecular weight excluding hydrogens is 182 g/mol. The van der Waals surface area contributed by atoms with E-state index < -0.39 is 0 Å². The topological polar surface area (TPSA) is 3.24 Å². The highest BCUT2D eigenvalue weighted by Gasteiger charge is 2.05. The first-order valence-electron chi connectivity index (χ1n) is 5.68. The molecule has 0 spiro atoms. The summed E-state index contributed by atoms with van der Waals surface area (Å²) in [4.78, 5) is 2.39. The van der Waals surface area contributed by atoms with Crippen molar-refractivity contribution in [2.45, 2.75) is 27.7 Å². The van der Waals surface area contributed by atoms with Crippen molar-refractivity contribution in [3.05, 3.63) is 41.6 Å². The molecule has 0 fully saturated rings. The van der Waals surface area contributed by atoms with Crippen LogP contribution in [0.5, 0.6) is 0 Å². The fraction of sp³-hybridized carbons (Fsp3) is 0.429. The van der Waals surface area contributed by atoms with Gasteiger partial charge in [0, 0.05) is 18.8 Å². The van der Waals surface area contributed by atoms with Gasteiger partial charge in [0.05, 0.1) is 0 Å². The quantitative estimate of drug-likeness (QED) is 0.720. The molecule has 1 nitrogen and oxygen atoms in total. The third-order valence-corrected chi connectivity index (χ3v) is 2.99. The van der Waals surface area contributed by atoms with Crippen LogP contribution in [-0.4, -0.2) is 18.0 Å². The monoisotopic (exact) mass is 203 g/mol. The summed E-state index contributed by atoms with van der Waals surface area (Å²) < 4.78 is 0. The zero-order chi connectivity index (χ0) is 11.3. The van der Waals surface area contributed by atoms with Crippen LogP contribution in [0, 0.1) is 0 Å². The molecule has 0 saturated carbocycles. The van der Waals surface area contributed by atoms with Crippen molar-refractivity contribution in [2.75, 3.05) is 13.1 Å². The van der Waals surface area contributed by atoms with E-state index in [9.17, 15) is 0 Å². The van der Waals surface area contributed by atoms with E-state index in [4.69, 9.17) is 0 Å². The minimum absolute atomic E-state index is 1.08. The Bertz CT molecular complexity index is 320. The Hall–Kier alpha value is -1.24. The summed E-state index contributed by atoms with van der Waals surface area (Å²) in [6, 6.07) is 10.6. The van der Waals surface area contributed by atoms with Gasteiger partial charge in [-0.05, 0) is 38.8 Å². The lowest BCUT2D eigenvalue weighted by Crippen LogP contribution is -2.21. The molecule has 0 aliphatic heterocycles. The second-order valence-electron chi connectivity index (χ2n) is 3.75. The normalized spacial score (nSPS) is 12.3. The molecule has 0 unspecified atom stereocenters. The molecule has 0 saturated heterocycles. The maximum atomic E-state index is 2.39. The van der Waals surface area contributed by atoms with Crippen LogP contribution >= 0.6 is 0 Å². The largest absolute Gasteiger partial charge is 0.375 e. The zero-order valence-electron chi connectivity index (χ0n) is 10.2. The number of hydrogen-bond donors (Lipinski definition) is 0. The van der Waals surface area contributed by atoms with Crippen molar-refractivity contribution in [2.24, 2.45) is 0 Å². The van der Waals surface area contributed by atoms with Crippen molar-refractivity contribution in [3.63, 3.8) is 0 Å². The van der Waals surface area contributed by atoms with Crippen LogP contribution in [0.1, 0.15) is 33.3 Å². The van der Waals surface area contributed by atoms with Crippen molar-refractivity contribution >= 4 is 5.57 Å². The predicted octanol–water partition coefficient (Wildman–Crippen LogP) is 3.78. The van der Waals surface area contributed by atoms with E-state index in [2.05, 4.69) is 62.9 Å². The highest BCUT2D eigenvalue weighted by Crippen LogP contribution is 2.19. The van der Waals surface area contributed by atoms with Gasteiger partial charge in [0.15, 0.2) is 0 Å². The number of benzene rings is 1. The van der Waals surface area contributed by atoms with Gasteiger partial charge in [-0.1, -0.05) is 30.3 Å². The van der Waals surface area contributed by atoms with Crippen LogP contribution in [-0.2, 0) is 0 Å². The molecule has 0 aliphatic rings. The van der Waals surface area contributed by atoms with Gasteiger partial charge in [-0.2, -0.15) is 0 Å². The average molecular weight is 203 g/mol. The van der Waals surface area contributed by atoms with E-state index in [1.165, 1.54) is 16.8 Å². The third-order valence-electron chi connectivity index (χ3n) is 2.99. The molecule has 0 atom stereocenters. The molecule has 0 aromatic heterocycles. The van der Waals surface area contributed by atoms with Crippen LogP contribution in [0.25, 0.3) is 5.57 Å². The Labute approximate surface area is 93.4 Å². The van der Waals surface area contributed by atoms with Crippen molar-refractivity contribution in [3.8, 4) is 0 Å². The maximum Gasteiger partial charge on any atom is 0.0146 e. The van der Waals surface area contributed by atoms with Crippen LogP contribution < -0.4 is 0 Å². The van der Waals surface area contributed by atoms with Gasteiger partial charge in [0.25, 0.3) is 0 Å². The molecule has 0 amide bonds. The summed E-state index contributed by atoms with van der Waals surface area (Å²) in [5, 5.41) is 0. The Morgan fingerprint density at radius 2 is 1.53 bits per heavy atom. The lowest BCUT2D eigenvalue weighted by Gasteiger charge is -2.24. The molecule has 1 aromatic rings. The number of rotatable bonds is 4. The van der Waals surface area contributed by atoms with Crippen LogP contribution in [0.4, 0.5) is 0 Å². The molecule has 0 aliphatic carbocycles. The summed E-state index contributed by atoms with van der Waals surface area (Å²) >= 11 is 0. The molecule has 0 heterocycles. The van der Waals surface area contributed by atoms with Gasteiger partial charge in [-0.25, -0.2) is 0 Å². The standard InChI is InChI=1S/C14H21N/c1-5-15(6-2)13(4)12(3)14-10-8-7-9-11-14/h7-11H,5-6H2,1-4H3. The predicted molar refractivity (Wildman–Crippen MR) is 67.6 cm³/mol. The third kappa shape index (κ3) is 2.85. The number of hydrogen-bond acceptors (Lipinski definition) is 1. The molecule has 15 heavy (non-hydrogen) atoms. The van der Waals surface area contributed by atoms with Gasteiger partial charge in [0.2, 0.25) is 0 Å². The van der Waals surface area contributed by atoms with E-state index >= 15 is 0 Å². The van der Waals surface area contributed by atoms with Crippen LogP contribution in [0.3, 0.4) is 0 Å². The first-order chi connectivity index (χ1) is 7.20. The molecule has 0 bridgehead atoms. The Kier molecular flexibility index (Phi) is 4.41. The molecule has 1 heteroatoms.